The highest BCUT2D eigenvalue weighted by atomic mass is 19.4. The number of hydrogen-bond donors (Lipinski definition) is 0. The van der Waals surface area contributed by atoms with Gasteiger partial charge in [-0.3, -0.25) is 4.79 Å². The molecule has 4 aromatic carbocycles. The molecule has 43 heavy (non-hydrogen) atoms. The first-order valence-electron chi connectivity index (χ1n) is 14.0. The second kappa shape index (κ2) is 11.6. The van der Waals surface area contributed by atoms with Crippen molar-refractivity contribution in [3.05, 3.63) is 138 Å². The standard InChI is InChI=1S/C36H32F3NO3/c1-34(2,3)43-33(42)40-31-17-11-10-16-30(31)35(32(40)41,29(22-23-36(37,38)39)28-14-8-5-9-15-28)24-25-18-20-27(21-19-25)26-12-6-4-7-13-26/h4-23,29H,24H2,1-3H3/b23-22+. The Labute approximate surface area is 249 Å². The van der Waals surface area contributed by atoms with E-state index in [1.54, 1.807) is 75.4 Å². The van der Waals surface area contributed by atoms with Crippen molar-refractivity contribution < 1.29 is 27.5 Å². The number of halogens is 3. The minimum absolute atomic E-state index is 0.0406. The summed E-state index contributed by atoms with van der Waals surface area (Å²) in [4.78, 5) is 29.3. The van der Waals surface area contributed by atoms with Gasteiger partial charge in [0, 0.05) is 12.0 Å². The van der Waals surface area contributed by atoms with Gasteiger partial charge in [-0.15, -0.1) is 0 Å². The zero-order valence-corrected chi connectivity index (χ0v) is 24.1. The molecule has 4 aromatic rings. The van der Waals surface area contributed by atoms with E-state index in [4.69, 9.17) is 4.74 Å². The number of benzene rings is 4. The van der Waals surface area contributed by atoms with Gasteiger partial charge in [-0.25, -0.2) is 9.69 Å². The predicted molar refractivity (Wildman–Crippen MR) is 162 cm³/mol. The number of rotatable bonds is 6. The minimum Gasteiger partial charge on any atom is -0.443 e. The Bertz CT molecular complexity index is 1620. The molecule has 0 N–H and O–H groups in total. The lowest BCUT2D eigenvalue weighted by atomic mass is 9.64. The van der Waals surface area contributed by atoms with Crippen LogP contribution in [0.25, 0.3) is 11.1 Å². The van der Waals surface area contributed by atoms with E-state index in [1.807, 2.05) is 54.6 Å². The molecule has 0 radical (unpaired) electrons. The van der Waals surface area contributed by atoms with Gasteiger partial charge in [0.05, 0.1) is 11.1 Å². The van der Waals surface area contributed by atoms with Gasteiger partial charge in [0.2, 0.25) is 5.91 Å². The fraction of sp³-hybridized carbons (Fsp3) is 0.222. The monoisotopic (exact) mass is 583 g/mol. The van der Waals surface area contributed by atoms with Crippen LogP contribution >= 0.6 is 0 Å². The molecule has 2 amide bonds. The average Bonchev–Trinajstić information content (AvgIpc) is 3.21. The number of allylic oxidation sites excluding steroid dienone is 2. The maximum atomic E-state index is 14.8. The molecule has 1 aliphatic rings. The lowest BCUT2D eigenvalue weighted by molar-refractivity contribution is -0.123. The SMILES string of the molecule is CC(C)(C)OC(=O)N1C(=O)C(Cc2ccc(-c3ccccc3)cc2)(C(/C=C/C(F)(F)F)c2ccccc2)c2ccccc21. The first kappa shape index (κ1) is 29.8. The Kier molecular flexibility index (Phi) is 8.02. The van der Waals surface area contributed by atoms with Crippen LogP contribution in [0.4, 0.5) is 23.7 Å². The summed E-state index contributed by atoms with van der Waals surface area (Å²) < 4.78 is 46.7. The number of imide groups is 1. The molecular formula is C36H32F3NO3. The van der Waals surface area contributed by atoms with Crippen molar-refractivity contribution in [1.29, 1.82) is 0 Å². The fourth-order valence-corrected chi connectivity index (χ4v) is 5.73. The van der Waals surface area contributed by atoms with Gasteiger partial charge >= 0.3 is 12.3 Å². The van der Waals surface area contributed by atoms with Crippen molar-refractivity contribution in [2.75, 3.05) is 4.90 Å². The predicted octanol–water partition coefficient (Wildman–Crippen LogP) is 9.02. The van der Waals surface area contributed by atoms with Crippen molar-refractivity contribution in [1.82, 2.24) is 0 Å². The molecule has 0 aliphatic carbocycles. The quantitative estimate of drug-likeness (QED) is 0.213. The third kappa shape index (κ3) is 6.26. The molecule has 0 aromatic heterocycles. The van der Waals surface area contributed by atoms with E-state index in [-0.39, 0.29) is 12.5 Å². The highest BCUT2D eigenvalue weighted by molar-refractivity contribution is 6.21. The molecule has 0 spiro atoms. The largest absolute Gasteiger partial charge is 0.443 e. The van der Waals surface area contributed by atoms with Crippen LogP contribution in [0.2, 0.25) is 0 Å². The molecule has 2 unspecified atom stereocenters. The van der Waals surface area contributed by atoms with Crippen molar-refractivity contribution in [2.45, 2.75) is 50.3 Å². The third-order valence-corrected chi connectivity index (χ3v) is 7.50. The number of nitrogens with zero attached hydrogens (tertiary/aromatic N) is 1. The van der Waals surface area contributed by atoms with E-state index >= 15 is 0 Å². The number of ether oxygens (including phenoxy) is 1. The van der Waals surface area contributed by atoms with Crippen LogP contribution in [-0.4, -0.2) is 23.8 Å². The second-order valence-corrected chi connectivity index (χ2v) is 11.6. The van der Waals surface area contributed by atoms with Crippen molar-refractivity contribution in [3.8, 4) is 11.1 Å². The van der Waals surface area contributed by atoms with Crippen LogP contribution < -0.4 is 4.90 Å². The molecule has 1 heterocycles. The van der Waals surface area contributed by atoms with Gasteiger partial charge in [0.25, 0.3) is 0 Å². The normalized spacial score (nSPS) is 17.6. The summed E-state index contributed by atoms with van der Waals surface area (Å²) in [6, 6.07) is 32.8. The van der Waals surface area contributed by atoms with E-state index in [1.165, 1.54) is 0 Å². The number of hydrogen-bond acceptors (Lipinski definition) is 3. The number of alkyl halides is 3. The lowest BCUT2D eigenvalue weighted by Crippen LogP contribution is -2.49. The van der Waals surface area contributed by atoms with Crippen LogP contribution in [0.5, 0.6) is 0 Å². The molecule has 2 atom stereocenters. The maximum Gasteiger partial charge on any atom is 0.421 e. The first-order chi connectivity index (χ1) is 20.4. The zero-order chi connectivity index (χ0) is 30.8. The Morgan fingerprint density at radius 3 is 1.98 bits per heavy atom. The van der Waals surface area contributed by atoms with Crippen molar-refractivity contribution >= 4 is 17.7 Å². The number of carbonyl (C=O) groups is 2. The molecule has 4 nitrogen and oxygen atoms in total. The van der Waals surface area contributed by atoms with Gasteiger partial charge in [0.1, 0.15) is 5.60 Å². The molecule has 0 saturated heterocycles. The molecule has 220 valence electrons. The fourth-order valence-electron chi connectivity index (χ4n) is 5.73. The summed E-state index contributed by atoms with van der Waals surface area (Å²) in [6.07, 6.45) is -4.23. The van der Waals surface area contributed by atoms with Crippen LogP contribution in [0.3, 0.4) is 0 Å². The molecule has 5 rings (SSSR count). The summed E-state index contributed by atoms with van der Waals surface area (Å²) in [7, 11) is 0. The molecule has 7 heteroatoms. The highest BCUT2D eigenvalue weighted by Gasteiger charge is 2.57. The van der Waals surface area contributed by atoms with Crippen LogP contribution in [-0.2, 0) is 21.4 Å². The second-order valence-electron chi connectivity index (χ2n) is 11.6. The van der Waals surface area contributed by atoms with E-state index in [2.05, 4.69) is 0 Å². The summed E-state index contributed by atoms with van der Waals surface area (Å²) >= 11 is 0. The molecule has 0 fully saturated rings. The lowest BCUT2D eigenvalue weighted by Gasteiger charge is -2.36. The van der Waals surface area contributed by atoms with Gasteiger partial charge < -0.3 is 4.74 Å². The van der Waals surface area contributed by atoms with E-state index < -0.39 is 35.1 Å². The van der Waals surface area contributed by atoms with E-state index in [0.717, 1.165) is 27.7 Å². The Morgan fingerprint density at radius 1 is 0.814 bits per heavy atom. The van der Waals surface area contributed by atoms with Gasteiger partial charge in [-0.2, -0.15) is 13.2 Å². The maximum absolute atomic E-state index is 14.8. The smallest absolute Gasteiger partial charge is 0.421 e. The van der Waals surface area contributed by atoms with E-state index in [9.17, 15) is 22.8 Å². The number of anilines is 1. The van der Waals surface area contributed by atoms with Crippen LogP contribution in [0, 0.1) is 0 Å². The average molecular weight is 584 g/mol. The summed E-state index contributed by atoms with van der Waals surface area (Å²) in [5, 5.41) is 0. The van der Waals surface area contributed by atoms with Crippen LogP contribution in [0.15, 0.2) is 121 Å². The Hall–Kier alpha value is -4.65. The summed E-state index contributed by atoms with van der Waals surface area (Å²) in [5.74, 6) is -1.71. The first-order valence-corrected chi connectivity index (χ1v) is 14.0. The number of amides is 2. The number of para-hydroxylation sites is 1. The van der Waals surface area contributed by atoms with Crippen LogP contribution in [0.1, 0.15) is 43.4 Å². The Morgan fingerprint density at radius 2 is 1.37 bits per heavy atom. The minimum atomic E-state index is -4.61. The van der Waals surface area contributed by atoms with Gasteiger partial charge in [-0.05, 0) is 61.1 Å². The zero-order valence-electron chi connectivity index (χ0n) is 24.1. The molecule has 1 aliphatic heterocycles. The number of fused-ring (bicyclic) bond motifs is 1. The summed E-state index contributed by atoms with van der Waals surface area (Å²) in [5.41, 5.74) is 1.47. The van der Waals surface area contributed by atoms with Crippen molar-refractivity contribution in [2.24, 2.45) is 0 Å². The third-order valence-electron chi connectivity index (χ3n) is 7.50. The molecule has 0 bridgehead atoms. The highest BCUT2D eigenvalue weighted by Crippen LogP contribution is 2.53. The van der Waals surface area contributed by atoms with Gasteiger partial charge in [-0.1, -0.05) is 109 Å². The molecule has 0 saturated carbocycles. The Balaban J connectivity index is 1.71. The van der Waals surface area contributed by atoms with Crippen molar-refractivity contribution in [3.63, 3.8) is 0 Å². The van der Waals surface area contributed by atoms with Gasteiger partial charge in [0.15, 0.2) is 0 Å². The molecular weight excluding hydrogens is 551 g/mol. The summed E-state index contributed by atoms with van der Waals surface area (Å²) in [6.45, 7) is 5.08. The van der Waals surface area contributed by atoms with E-state index in [0.29, 0.717) is 16.8 Å². The number of carbonyl (C=O) groups excluding carboxylic acids is 2. The topological polar surface area (TPSA) is 46.6 Å².